The second kappa shape index (κ2) is 10.4. The molecule has 0 saturated carbocycles. The van der Waals surface area contributed by atoms with Gasteiger partial charge in [0.05, 0.1) is 6.04 Å². The van der Waals surface area contributed by atoms with Crippen LogP contribution in [0.3, 0.4) is 0 Å². The Balaban J connectivity index is 2.16. The van der Waals surface area contributed by atoms with Crippen LogP contribution in [0.4, 0.5) is 0 Å². The first-order valence-electron chi connectivity index (χ1n) is 10.2. The third-order valence-corrected chi connectivity index (χ3v) is 5.56. The number of hydrogen-bond donors (Lipinski definition) is 3. The van der Waals surface area contributed by atoms with Crippen LogP contribution in [-0.2, 0) is 19.2 Å². The highest BCUT2D eigenvalue weighted by atomic mass is 16.2. The molecular weight excluding hydrogens is 346 g/mol. The third kappa shape index (κ3) is 6.63. The fourth-order valence-electron chi connectivity index (χ4n) is 4.12. The van der Waals surface area contributed by atoms with Crippen LogP contribution in [0.1, 0.15) is 65.2 Å². The Kier molecular flexibility index (Phi) is 8.25. The summed E-state index contributed by atoms with van der Waals surface area (Å²) in [6.07, 6.45) is 6.41. The molecule has 2 heterocycles. The van der Waals surface area contributed by atoms with Crippen molar-refractivity contribution in [2.24, 2.45) is 17.8 Å². The summed E-state index contributed by atoms with van der Waals surface area (Å²) in [5.41, 5.74) is 0. The van der Waals surface area contributed by atoms with Gasteiger partial charge in [0, 0.05) is 18.9 Å². The number of nitrogens with one attached hydrogen (secondary N) is 3. The molecule has 4 atom stereocenters. The molecule has 2 rings (SSSR count). The number of piperidine rings is 1. The Morgan fingerprint density at radius 2 is 1.81 bits per heavy atom. The van der Waals surface area contributed by atoms with E-state index < -0.39 is 12.1 Å². The van der Waals surface area contributed by atoms with Crippen molar-refractivity contribution in [3.8, 4) is 0 Å². The predicted molar refractivity (Wildman–Crippen MR) is 102 cm³/mol. The minimum atomic E-state index is -0.719. The van der Waals surface area contributed by atoms with Gasteiger partial charge in [0.25, 0.3) is 0 Å². The van der Waals surface area contributed by atoms with E-state index in [1.165, 1.54) is 0 Å². The number of hydrogen-bond acceptors (Lipinski definition) is 4. The molecule has 0 aliphatic carbocycles. The van der Waals surface area contributed by atoms with Crippen LogP contribution in [0.5, 0.6) is 0 Å². The van der Waals surface area contributed by atoms with Crippen LogP contribution < -0.4 is 16.0 Å². The van der Waals surface area contributed by atoms with E-state index in [9.17, 15) is 19.2 Å². The Bertz CT molecular complexity index is 549. The lowest BCUT2D eigenvalue weighted by Crippen LogP contribution is -2.52. The molecule has 3 N–H and O–H groups in total. The second-order valence-electron chi connectivity index (χ2n) is 8.28. The molecule has 0 radical (unpaired) electrons. The standard InChI is InChI=1S/C20H33N3O4/c1-13(2)10-17-20(27)22-15(12-24)11-16-14(8-9-21-19(16)26)6-4-3-5-7-18(25)23-17/h12-17H,3-11H2,1-2H3,(H,21,26)(H,22,27)(H,23,25)/t14-,15?,16+,17-/m0/s1. The summed E-state index contributed by atoms with van der Waals surface area (Å²) in [7, 11) is 0. The Morgan fingerprint density at radius 1 is 1.04 bits per heavy atom. The van der Waals surface area contributed by atoms with Crippen molar-refractivity contribution in [3.63, 3.8) is 0 Å². The highest BCUT2D eigenvalue weighted by Gasteiger charge is 2.34. The minimum absolute atomic E-state index is 0.0218. The van der Waals surface area contributed by atoms with Crippen molar-refractivity contribution in [1.82, 2.24) is 16.0 Å². The average Bonchev–Trinajstić information content (AvgIpc) is 2.61. The van der Waals surface area contributed by atoms with Crippen LogP contribution in [0.15, 0.2) is 0 Å². The second-order valence-corrected chi connectivity index (χ2v) is 8.28. The molecule has 0 aromatic carbocycles. The number of amides is 3. The molecule has 0 aromatic rings. The lowest BCUT2D eigenvalue weighted by Gasteiger charge is -2.33. The number of fused-ring (bicyclic) bond motifs is 1. The molecule has 7 nitrogen and oxygen atoms in total. The molecule has 27 heavy (non-hydrogen) atoms. The Hall–Kier alpha value is -1.92. The molecule has 152 valence electrons. The summed E-state index contributed by atoms with van der Waals surface area (Å²) in [6, 6.07) is -1.37. The lowest BCUT2D eigenvalue weighted by atomic mass is 9.78. The maximum Gasteiger partial charge on any atom is 0.243 e. The van der Waals surface area contributed by atoms with Gasteiger partial charge < -0.3 is 20.7 Å². The molecule has 0 aromatic heterocycles. The van der Waals surface area contributed by atoms with E-state index in [0.29, 0.717) is 32.1 Å². The van der Waals surface area contributed by atoms with Gasteiger partial charge in [0.1, 0.15) is 12.3 Å². The average molecular weight is 380 g/mol. The highest BCUT2D eigenvalue weighted by molar-refractivity contribution is 5.89. The zero-order valence-electron chi connectivity index (χ0n) is 16.5. The zero-order valence-corrected chi connectivity index (χ0v) is 16.5. The number of aldehydes is 1. The van der Waals surface area contributed by atoms with Gasteiger partial charge in [-0.3, -0.25) is 14.4 Å². The number of carbonyl (C=O) groups excluding carboxylic acids is 4. The topological polar surface area (TPSA) is 104 Å². The van der Waals surface area contributed by atoms with Gasteiger partial charge >= 0.3 is 0 Å². The molecule has 7 heteroatoms. The van der Waals surface area contributed by atoms with Crippen molar-refractivity contribution in [2.75, 3.05) is 6.54 Å². The first kappa shape index (κ1) is 21.4. The maximum absolute atomic E-state index is 12.7. The van der Waals surface area contributed by atoms with Crippen LogP contribution in [0.25, 0.3) is 0 Å². The van der Waals surface area contributed by atoms with Gasteiger partial charge in [-0.15, -0.1) is 0 Å². The molecule has 2 aliphatic rings. The predicted octanol–water partition coefficient (Wildman–Crippen LogP) is 1.31. The molecule has 1 unspecified atom stereocenters. The molecule has 0 bridgehead atoms. The van der Waals surface area contributed by atoms with Gasteiger partial charge in [-0.1, -0.05) is 26.7 Å². The Labute approximate surface area is 161 Å². The molecular formula is C20H33N3O4. The van der Waals surface area contributed by atoms with Gasteiger partial charge in [-0.05, 0) is 43.9 Å². The van der Waals surface area contributed by atoms with E-state index >= 15 is 0 Å². The van der Waals surface area contributed by atoms with Crippen LogP contribution in [0.2, 0.25) is 0 Å². The SMILES string of the molecule is CC(C)C[C@@H]1NC(=O)CCCCC[C@H]2CCNC(=O)[C@@H]2CC(C=O)NC1=O. The molecule has 2 saturated heterocycles. The molecule has 2 fully saturated rings. The van der Waals surface area contributed by atoms with Gasteiger partial charge in [0.2, 0.25) is 17.7 Å². The van der Waals surface area contributed by atoms with E-state index in [1.54, 1.807) is 0 Å². The smallest absolute Gasteiger partial charge is 0.243 e. The zero-order chi connectivity index (χ0) is 19.8. The monoisotopic (exact) mass is 379 g/mol. The van der Waals surface area contributed by atoms with E-state index in [-0.39, 0.29) is 35.5 Å². The van der Waals surface area contributed by atoms with E-state index in [1.807, 2.05) is 13.8 Å². The van der Waals surface area contributed by atoms with Gasteiger partial charge in [0.15, 0.2) is 0 Å². The summed E-state index contributed by atoms with van der Waals surface area (Å²) >= 11 is 0. The molecule has 0 spiro atoms. The summed E-state index contributed by atoms with van der Waals surface area (Å²) in [4.78, 5) is 48.8. The molecule has 2 aliphatic heterocycles. The van der Waals surface area contributed by atoms with E-state index in [4.69, 9.17) is 0 Å². The number of rotatable bonds is 3. The maximum atomic E-state index is 12.7. The highest BCUT2D eigenvalue weighted by Crippen LogP contribution is 2.29. The fraction of sp³-hybridized carbons (Fsp3) is 0.800. The quantitative estimate of drug-likeness (QED) is 0.643. The summed E-state index contributed by atoms with van der Waals surface area (Å²) in [5.74, 6) is -0.296. The summed E-state index contributed by atoms with van der Waals surface area (Å²) in [6.45, 7) is 4.63. The van der Waals surface area contributed by atoms with Crippen LogP contribution in [-0.4, -0.2) is 42.6 Å². The first-order valence-corrected chi connectivity index (χ1v) is 10.2. The van der Waals surface area contributed by atoms with Crippen molar-refractivity contribution in [2.45, 2.75) is 77.3 Å². The van der Waals surface area contributed by atoms with Crippen molar-refractivity contribution >= 4 is 24.0 Å². The minimum Gasteiger partial charge on any atom is -0.356 e. The van der Waals surface area contributed by atoms with E-state index in [0.717, 1.165) is 32.1 Å². The van der Waals surface area contributed by atoms with Gasteiger partial charge in [-0.25, -0.2) is 0 Å². The van der Waals surface area contributed by atoms with E-state index in [2.05, 4.69) is 16.0 Å². The largest absolute Gasteiger partial charge is 0.356 e. The summed E-state index contributed by atoms with van der Waals surface area (Å²) in [5, 5.41) is 8.45. The first-order chi connectivity index (χ1) is 12.9. The molecule has 3 amide bonds. The van der Waals surface area contributed by atoms with Crippen LogP contribution >= 0.6 is 0 Å². The van der Waals surface area contributed by atoms with Crippen molar-refractivity contribution in [3.05, 3.63) is 0 Å². The lowest BCUT2D eigenvalue weighted by molar-refractivity contribution is -0.132. The van der Waals surface area contributed by atoms with Crippen LogP contribution in [0, 0.1) is 17.8 Å². The summed E-state index contributed by atoms with van der Waals surface area (Å²) < 4.78 is 0. The van der Waals surface area contributed by atoms with Crippen molar-refractivity contribution in [1.29, 1.82) is 0 Å². The van der Waals surface area contributed by atoms with Gasteiger partial charge in [-0.2, -0.15) is 0 Å². The van der Waals surface area contributed by atoms with Crippen molar-refractivity contribution < 1.29 is 19.2 Å². The Morgan fingerprint density at radius 3 is 2.52 bits per heavy atom. The fourth-order valence-corrected chi connectivity index (χ4v) is 4.12. The third-order valence-electron chi connectivity index (χ3n) is 5.56. The number of carbonyl (C=O) groups is 4. The normalized spacial score (nSPS) is 31.1.